The molecule has 10 nitrogen and oxygen atoms in total. The van der Waals surface area contributed by atoms with E-state index in [1.54, 1.807) is 18.2 Å². The molecule has 2 aliphatic heterocycles. The average Bonchev–Trinajstić information content (AvgIpc) is 3.32. The molecule has 2 aromatic heterocycles. The molecule has 1 aliphatic carbocycles. The van der Waals surface area contributed by atoms with Gasteiger partial charge in [-0.1, -0.05) is 25.0 Å². The van der Waals surface area contributed by atoms with Crippen LogP contribution in [-0.2, 0) is 14.4 Å². The Morgan fingerprint density at radius 3 is 2.79 bits per heavy atom. The number of methoxy groups -OCH3 is 1. The third kappa shape index (κ3) is 5.70. The van der Waals surface area contributed by atoms with Crippen LogP contribution in [0.1, 0.15) is 56.9 Å². The number of carbonyl (C=O) groups excluding carboxylic acids is 2. The second-order valence-electron chi connectivity index (χ2n) is 11.6. The molecule has 6 rings (SSSR count). The molecule has 2 amide bonds. The number of carboxylic acids is 1. The lowest BCUT2D eigenvalue weighted by Gasteiger charge is -2.25. The molecule has 2 N–H and O–H groups in total. The van der Waals surface area contributed by atoms with E-state index in [-0.39, 0.29) is 24.8 Å². The number of aliphatic carboxylic acids is 1. The summed E-state index contributed by atoms with van der Waals surface area (Å²) in [4.78, 5) is 50.3. The van der Waals surface area contributed by atoms with E-state index in [4.69, 9.17) is 14.5 Å². The van der Waals surface area contributed by atoms with E-state index in [9.17, 15) is 19.5 Å². The first kappa shape index (κ1) is 29.1. The summed E-state index contributed by atoms with van der Waals surface area (Å²) in [6.45, 7) is 2.17. The van der Waals surface area contributed by atoms with Gasteiger partial charge in [0.05, 0.1) is 19.2 Å². The summed E-state index contributed by atoms with van der Waals surface area (Å²) in [5.74, 6) is -0.583. The number of allylic oxidation sites excluding steroid dienone is 1. The smallest absolute Gasteiger partial charge is 0.330 e. The molecular weight excluding hydrogens is 568 g/mol. The first-order valence-electron chi connectivity index (χ1n) is 14.9. The number of pyridine rings is 1. The predicted octanol–water partition coefficient (Wildman–Crippen LogP) is 4.89. The number of ether oxygens (including phenoxy) is 2. The van der Waals surface area contributed by atoms with Gasteiger partial charge in [-0.05, 0) is 44.7 Å². The number of benzene rings is 1. The van der Waals surface area contributed by atoms with E-state index in [1.165, 1.54) is 11.3 Å². The monoisotopic (exact) mass is 604 g/mol. The molecular formula is C32H36N4O6S. The van der Waals surface area contributed by atoms with Gasteiger partial charge in [-0.3, -0.25) is 9.59 Å². The number of aromatic nitrogens is 2. The number of thiazole rings is 1. The third-order valence-electron chi connectivity index (χ3n) is 8.82. The van der Waals surface area contributed by atoms with E-state index in [1.807, 2.05) is 42.7 Å². The minimum absolute atomic E-state index is 0.111. The molecule has 0 unspecified atom stereocenters. The number of fused-ring (bicyclic) bond motifs is 3. The number of amides is 2. The summed E-state index contributed by atoms with van der Waals surface area (Å²) in [6, 6.07) is 4.80. The van der Waals surface area contributed by atoms with Crippen molar-refractivity contribution in [1.29, 1.82) is 0 Å². The molecule has 1 aromatic carbocycles. The van der Waals surface area contributed by atoms with E-state index >= 15 is 0 Å². The van der Waals surface area contributed by atoms with Gasteiger partial charge in [-0.25, -0.2) is 14.8 Å². The second kappa shape index (κ2) is 11.9. The van der Waals surface area contributed by atoms with Crippen LogP contribution in [0.2, 0.25) is 0 Å². The topological polar surface area (TPSA) is 131 Å². The Balaban J connectivity index is 1.31. The van der Waals surface area contributed by atoms with Crippen molar-refractivity contribution in [1.82, 2.24) is 20.2 Å². The molecule has 2 fully saturated rings. The van der Waals surface area contributed by atoms with Crippen molar-refractivity contribution in [2.45, 2.75) is 76.0 Å². The van der Waals surface area contributed by atoms with Gasteiger partial charge in [-0.15, -0.1) is 11.3 Å². The lowest BCUT2D eigenvalue weighted by molar-refractivity contribution is -0.145. The molecule has 11 heteroatoms. The molecule has 0 radical (unpaired) electrons. The first-order valence-corrected chi connectivity index (χ1v) is 15.7. The van der Waals surface area contributed by atoms with Gasteiger partial charge < -0.3 is 24.8 Å². The summed E-state index contributed by atoms with van der Waals surface area (Å²) < 4.78 is 12.1. The van der Waals surface area contributed by atoms with Crippen molar-refractivity contribution in [3.8, 4) is 22.2 Å². The molecule has 0 bridgehead atoms. The van der Waals surface area contributed by atoms with E-state index < -0.39 is 29.6 Å². The number of rotatable bonds is 5. The van der Waals surface area contributed by atoms with Crippen molar-refractivity contribution in [3.63, 3.8) is 0 Å². The maximum absolute atomic E-state index is 13.7. The van der Waals surface area contributed by atoms with Crippen LogP contribution in [0.3, 0.4) is 0 Å². The van der Waals surface area contributed by atoms with Crippen LogP contribution in [-0.4, -0.2) is 69.1 Å². The molecule has 3 aromatic rings. The minimum atomic E-state index is -1.33. The number of aryl methyl sites for hydroxylation is 1. The summed E-state index contributed by atoms with van der Waals surface area (Å²) in [5.41, 5.74) is 0.914. The van der Waals surface area contributed by atoms with Gasteiger partial charge in [-0.2, -0.15) is 0 Å². The minimum Gasteiger partial charge on any atom is -0.496 e. The Bertz CT molecular complexity index is 1570. The molecule has 1 saturated carbocycles. The van der Waals surface area contributed by atoms with Gasteiger partial charge in [0.15, 0.2) is 0 Å². The number of hydrogen-bond donors (Lipinski definition) is 2. The number of nitrogens with one attached hydrogen (secondary N) is 1. The summed E-state index contributed by atoms with van der Waals surface area (Å²) in [7, 11) is 1.62. The number of carboxylic acid groups (broad SMARTS) is 1. The van der Waals surface area contributed by atoms with Crippen molar-refractivity contribution >= 4 is 40.0 Å². The third-order valence-corrected chi connectivity index (χ3v) is 9.62. The van der Waals surface area contributed by atoms with Gasteiger partial charge in [0.25, 0.3) is 0 Å². The van der Waals surface area contributed by atoms with Crippen molar-refractivity contribution < 1.29 is 29.0 Å². The number of nitrogens with zero attached hydrogens (tertiary/aromatic N) is 3. The highest BCUT2D eigenvalue weighted by molar-refractivity contribution is 7.13. The normalized spacial score (nSPS) is 26.9. The first-order chi connectivity index (χ1) is 20.8. The summed E-state index contributed by atoms with van der Waals surface area (Å²) in [6.07, 6.45) is 10.6. The fourth-order valence-corrected chi connectivity index (χ4v) is 6.90. The van der Waals surface area contributed by atoms with E-state index in [0.29, 0.717) is 30.0 Å². The van der Waals surface area contributed by atoms with E-state index in [2.05, 4.69) is 10.3 Å². The second-order valence-corrected chi connectivity index (χ2v) is 12.5. The van der Waals surface area contributed by atoms with Crippen molar-refractivity contribution in [3.05, 3.63) is 47.5 Å². The molecule has 0 spiro atoms. The maximum atomic E-state index is 13.7. The number of hydrogen-bond acceptors (Lipinski definition) is 8. The zero-order chi connectivity index (χ0) is 30.1. The molecule has 43 heavy (non-hydrogen) atoms. The Hall–Kier alpha value is -3.99. The van der Waals surface area contributed by atoms with Crippen LogP contribution in [0.4, 0.5) is 0 Å². The van der Waals surface area contributed by atoms with Crippen LogP contribution in [0.15, 0.2) is 41.9 Å². The highest BCUT2D eigenvalue weighted by Crippen LogP contribution is 2.45. The van der Waals surface area contributed by atoms with E-state index in [0.717, 1.165) is 53.6 Å². The van der Waals surface area contributed by atoms with Crippen LogP contribution >= 0.6 is 11.3 Å². The Morgan fingerprint density at radius 2 is 2.02 bits per heavy atom. The lowest BCUT2D eigenvalue weighted by atomic mass is 10.1. The molecule has 4 heterocycles. The fourth-order valence-electron chi connectivity index (χ4n) is 6.31. The summed E-state index contributed by atoms with van der Waals surface area (Å²) >= 11 is 1.47. The average molecular weight is 605 g/mol. The lowest BCUT2D eigenvalue weighted by Crippen LogP contribution is -2.53. The van der Waals surface area contributed by atoms with Gasteiger partial charge in [0.1, 0.15) is 39.9 Å². The molecule has 1 saturated heterocycles. The SMILES string of the molecule is COc1ccc2c(O[C@@H]3C[C@H]4C(=O)N[C@]5(C(=O)O)C[C@H]5/C=C\CCCCCCC(=O)N4C3)cc(-c3nccs3)nc2c1C. The van der Waals surface area contributed by atoms with Crippen LogP contribution < -0.4 is 14.8 Å². The highest BCUT2D eigenvalue weighted by atomic mass is 32.1. The van der Waals surface area contributed by atoms with Gasteiger partial charge >= 0.3 is 5.97 Å². The van der Waals surface area contributed by atoms with Crippen LogP contribution in [0.5, 0.6) is 11.5 Å². The maximum Gasteiger partial charge on any atom is 0.330 e. The Morgan fingerprint density at radius 1 is 1.19 bits per heavy atom. The zero-order valence-electron chi connectivity index (χ0n) is 24.4. The van der Waals surface area contributed by atoms with Crippen molar-refractivity contribution in [2.24, 2.45) is 5.92 Å². The Kier molecular flexibility index (Phi) is 8.09. The Labute approximate surface area is 254 Å². The van der Waals surface area contributed by atoms with Crippen LogP contribution in [0, 0.1) is 12.8 Å². The largest absolute Gasteiger partial charge is 0.496 e. The standard InChI is InChI=1S/C32H36N4O6S/c1-19-25(41-2)12-11-22-26(16-23(34-28(19)22)30-33-13-14-43-30)42-21-15-24-29(38)35-32(31(39)40)17-20(32)9-7-5-3-4-6-8-10-27(37)36(24)18-21/h7,9,11-14,16,20-21,24H,3-6,8,10,15,17-18H2,1-2H3,(H,35,38)(H,39,40)/b9-7-/t20-,21-,24+,32-/m1/s1. The highest BCUT2D eigenvalue weighted by Gasteiger charge is 2.61. The van der Waals surface area contributed by atoms with Crippen LogP contribution in [0.25, 0.3) is 21.6 Å². The molecule has 4 atom stereocenters. The fraction of sp³-hybridized carbons (Fsp3) is 0.469. The van der Waals surface area contributed by atoms with Crippen molar-refractivity contribution in [2.75, 3.05) is 13.7 Å². The predicted molar refractivity (Wildman–Crippen MR) is 162 cm³/mol. The number of carbonyl (C=O) groups is 3. The van der Waals surface area contributed by atoms with Gasteiger partial charge in [0.2, 0.25) is 11.8 Å². The van der Waals surface area contributed by atoms with Gasteiger partial charge in [0, 0.05) is 47.4 Å². The molecule has 226 valence electrons. The quantitative estimate of drug-likeness (QED) is 0.394. The summed E-state index contributed by atoms with van der Waals surface area (Å²) in [5, 5.41) is 16.3. The zero-order valence-corrected chi connectivity index (χ0v) is 25.2. The molecule has 3 aliphatic rings.